The van der Waals surface area contributed by atoms with Crippen molar-refractivity contribution in [3.8, 4) is 0 Å². The fourth-order valence-electron chi connectivity index (χ4n) is 3.70. The molecule has 1 aromatic heterocycles. The van der Waals surface area contributed by atoms with E-state index in [1.54, 1.807) is 6.07 Å². The highest BCUT2D eigenvalue weighted by molar-refractivity contribution is 5.85. The molecule has 2 aromatic rings. The predicted octanol–water partition coefficient (Wildman–Crippen LogP) is 0.836. The van der Waals surface area contributed by atoms with Crippen molar-refractivity contribution >= 4 is 41.6 Å². The van der Waals surface area contributed by atoms with E-state index in [0.29, 0.717) is 43.0 Å². The third kappa shape index (κ3) is 5.90. The zero-order valence-corrected chi connectivity index (χ0v) is 17.7. The van der Waals surface area contributed by atoms with Gasteiger partial charge in [0.25, 0.3) is 11.5 Å². The van der Waals surface area contributed by atoms with Gasteiger partial charge in [0.05, 0.1) is 24.1 Å². The summed E-state index contributed by atoms with van der Waals surface area (Å²) in [6.07, 6.45) is 1.58. The highest BCUT2D eigenvalue weighted by atomic mass is 35.5. The molecule has 29 heavy (non-hydrogen) atoms. The molecule has 2 aliphatic heterocycles. The first-order valence-corrected chi connectivity index (χ1v) is 9.52. The minimum absolute atomic E-state index is 0. The number of carbonyl (C=O) groups is 1. The lowest BCUT2D eigenvalue weighted by molar-refractivity contribution is -0.139. The van der Waals surface area contributed by atoms with Crippen molar-refractivity contribution in [3.63, 3.8) is 0 Å². The maximum Gasteiger partial charge on any atom is 0.258 e. The average molecular weight is 444 g/mol. The van der Waals surface area contributed by atoms with Crippen LogP contribution >= 0.6 is 24.8 Å². The summed E-state index contributed by atoms with van der Waals surface area (Å²) in [4.78, 5) is 34.2. The topological polar surface area (TPSA) is 99.4 Å². The molecule has 0 bridgehead atoms. The van der Waals surface area contributed by atoms with Crippen LogP contribution in [0.1, 0.15) is 18.7 Å². The highest BCUT2D eigenvalue weighted by Gasteiger charge is 2.28. The molecule has 0 radical (unpaired) electrons. The summed E-state index contributed by atoms with van der Waals surface area (Å²) in [6.45, 7) is 3.98. The van der Waals surface area contributed by atoms with Crippen LogP contribution in [0.2, 0.25) is 0 Å². The summed E-state index contributed by atoms with van der Waals surface area (Å²) < 4.78 is 5.68. The zero-order chi connectivity index (χ0) is 18.6. The third-order valence-electron chi connectivity index (χ3n) is 5.12. The molecule has 0 aliphatic carbocycles. The van der Waals surface area contributed by atoms with Gasteiger partial charge in [-0.2, -0.15) is 0 Å². The Labute approximate surface area is 181 Å². The molecule has 3 heterocycles. The summed E-state index contributed by atoms with van der Waals surface area (Å²) >= 11 is 0. The first-order chi connectivity index (χ1) is 13.2. The molecule has 160 valence electrons. The van der Waals surface area contributed by atoms with Gasteiger partial charge in [0, 0.05) is 25.7 Å². The Hall–Kier alpha value is -1.71. The van der Waals surface area contributed by atoms with Crippen LogP contribution in [-0.4, -0.2) is 65.7 Å². The second-order valence-electron chi connectivity index (χ2n) is 7.18. The summed E-state index contributed by atoms with van der Waals surface area (Å²) in [5.41, 5.74) is 0.548. The second kappa shape index (κ2) is 10.9. The quantitative estimate of drug-likeness (QED) is 0.647. The third-order valence-corrected chi connectivity index (χ3v) is 5.12. The number of morpholine rings is 1. The van der Waals surface area contributed by atoms with Gasteiger partial charge in [0.2, 0.25) is 0 Å². The number of hydrogen-bond acceptors (Lipinski definition) is 6. The van der Waals surface area contributed by atoms with Crippen molar-refractivity contribution in [1.29, 1.82) is 0 Å². The molecule has 10 heteroatoms. The van der Waals surface area contributed by atoms with E-state index in [9.17, 15) is 9.59 Å². The number of amides is 1. The van der Waals surface area contributed by atoms with Crippen molar-refractivity contribution in [1.82, 2.24) is 25.5 Å². The summed E-state index contributed by atoms with van der Waals surface area (Å²) in [7, 11) is 0. The molecule has 2 atom stereocenters. The van der Waals surface area contributed by atoms with Gasteiger partial charge in [-0.05, 0) is 31.5 Å². The van der Waals surface area contributed by atoms with Crippen LogP contribution in [0.4, 0.5) is 0 Å². The molecule has 0 saturated carbocycles. The van der Waals surface area contributed by atoms with Gasteiger partial charge < -0.3 is 20.4 Å². The molecule has 1 aromatic carbocycles. The lowest BCUT2D eigenvalue weighted by atomic mass is 10.1. The number of halogens is 2. The minimum atomic E-state index is -0.493. The average Bonchev–Trinajstić information content (AvgIpc) is 2.69. The Morgan fingerprint density at radius 2 is 2.14 bits per heavy atom. The van der Waals surface area contributed by atoms with Gasteiger partial charge in [0.1, 0.15) is 11.9 Å². The molecule has 0 spiro atoms. The predicted molar refractivity (Wildman–Crippen MR) is 116 cm³/mol. The fraction of sp³-hybridized carbons (Fsp3) is 0.526. The Morgan fingerprint density at radius 1 is 1.31 bits per heavy atom. The molecule has 3 N–H and O–H groups in total. The molecular formula is C19H27Cl2N5O3. The van der Waals surface area contributed by atoms with Crippen LogP contribution in [0, 0.1) is 0 Å². The van der Waals surface area contributed by atoms with Crippen molar-refractivity contribution in [2.75, 3.05) is 32.8 Å². The van der Waals surface area contributed by atoms with E-state index in [1.165, 1.54) is 0 Å². The fourth-order valence-corrected chi connectivity index (χ4v) is 3.70. The number of para-hydroxylation sites is 1. The molecule has 2 saturated heterocycles. The van der Waals surface area contributed by atoms with E-state index in [4.69, 9.17) is 4.74 Å². The van der Waals surface area contributed by atoms with Gasteiger partial charge in [-0.15, -0.1) is 24.8 Å². The maximum absolute atomic E-state index is 12.5. The Balaban J connectivity index is 0.00000150. The summed E-state index contributed by atoms with van der Waals surface area (Å²) in [5.74, 6) is 0.546. The first-order valence-electron chi connectivity index (χ1n) is 9.52. The number of piperidine rings is 1. The standard InChI is InChI=1S/C19H25N5O3.2ClH/c25-18-14-5-1-2-6-15(14)22-17(23-18)12-24-8-9-27-16(11-24)19(26)21-13-4-3-7-20-10-13;;/h1-2,5-6,13,16,20H,3-4,7-12H2,(H,21,26)(H,22,23,25);2*1H/t13-,16?;;/m0../s1. The number of rotatable bonds is 4. The van der Waals surface area contributed by atoms with Crippen LogP contribution in [0.3, 0.4) is 0 Å². The van der Waals surface area contributed by atoms with E-state index >= 15 is 0 Å². The molecule has 8 nitrogen and oxygen atoms in total. The van der Waals surface area contributed by atoms with E-state index in [0.717, 1.165) is 25.9 Å². The number of aromatic nitrogens is 2. The van der Waals surface area contributed by atoms with Crippen LogP contribution in [0.15, 0.2) is 29.1 Å². The van der Waals surface area contributed by atoms with Crippen LogP contribution in [-0.2, 0) is 16.1 Å². The summed E-state index contributed by atoms with van der Waals surface area (Å²) in [5, 5.41) is 6.96. The number of nitrogens with zero attached hydrogens (tertiary/aromatic N) is 2. The van der Waals surface area contributed by atoms with Gasteiger partial charge >= 0.3 is 0 Å². The number of ether oxygens (including phenoxy) is 1. The number of hydrogen-bond donors (Lipinski definition) is 3. The smallest absolute Gasteiger partial charge is 0.258 e. The van der Waals surface area contributed by atoms with Crippen molar-refractivity contribution < 1.29 is 9.53 Å². The van der Waals surface area contributed by atoms with E-state index < -0.39 is 6.10 Å². The van der Waals surface area contributed by atoms with E-state index in [-0.39, 0.29) is 42.3 Å². The van der Waals surface area contributed by atoms with Crippen LogP contribution < -0.4 is 16.2 Å². The Morgan fingerprint density at radius 3 is 2.93 bits per heavy atom. The number of H-pyrrole nitrogens is 1. The summed E-state index contributed by atoms with van der Waals surface area (Å²) in [6, 6.07) is 7.46. The van der Waals surface area contributed by atoms with Gasteiger partial charge in [-0.25, -0.2) is 4.98 Å². The second-order valence-corrected chi connectivity index (χ2v) is 7.18. The van der Waals surface area contributed by atoms with Crippen molar-refractivity contribution in [2.45, 2.75) is 31.5 Å². The molecule has 1 unspecified atom stereocenters. The number of fused-ring (bicyclic) bond motifs is 1. The SMILES string of the molecule is Cl.Cl.O=C(N[C@H]1CCCNC1)C1CN(Cc2nc3ccccc3c(=O)[nH]2)CCO1. The zero-order valence-electron chi connectivity index (χ0n) is 16.1. The largest absolute Gasteiger partial charge is 0.366 e. The number of nitrogens with one attached hydrogen (secondary N) is 3. The van der Waals surface area contributed by atoms with E-state index in [1.807, 2.05) is 18.2 Å². The van der Waals surface area contributed by atoms with Gasteiger partial charge in [-0.3, -0.25) is 14.5 Å². The number of aromatic amines is 1. The Kier molecular flexibility index (Phi) is 8.85. The van der Waals surface area contributed by atoms with Gasteiger partial charge in [-0.1, -0.05) is 12.1 Å². The molecule has 2 aliphatic rings. The van der Waals surface area contributed by atoms with Crippen molar-refractivity contribution in [3.05, 3.63) is 40.4 Å². The molecule has 2 fully saturated rings. The maximum atomic E-state index is 12.5. The number of benzene rings is 1. The lowest BCUT2D eigenvalue weighted by Gasteiger charge is -2.33. The molecule has 4 rings (SSSR count). The van der Waals surface area contributed by atoms with Crippen molar-refractivity contribution in [2.24, 2.45) is 0 Å². The number of carbonyl (C=O) groups excluding carboxylic acids is 1. The minimum Gasteiger partial charge on any atom is -0.366 e. The lowest BCUT2D eigenvalue weighted by Crippen LogP contribution is -2.54. The first kappa shape index (κ1) is 23.6. The van der Waals surface area contributed by atoms with E-state index in [2.05, 4.69) is 25.5 Å². The monoisotopic (exact) mass is 443 g/mol. The van der Waals surface area contributed by atoms with Crippen LogP contribution in [0.25, 0.3) is 10.9 Å². The van der Waals surface area contributed by atoms with Gasteiger partial charge in [0.15, 0.2) is 0 Å². The van der Waals surface area contributed by atoms with Crippen LogP contribution in [0.5, 0.6) is 0 Å². The Bertz CT molecular complexity index is 872. The normalized spacial score (nSPS) is 22.3. The molecular weight excluding hydrogens is 417 g/mol. The molecule has 1 amide bonds. The highest BCUT2D eigenvalue weighted by Crippen LogP contribution is 2.11.